The molecule has 0 aliphatic rings. The second-order valence-corrected chi connectivity index (χ2v) is 9.00. The van der Waals surface area contributed by atoms with Gasteiger partial charge >= 0.3 is 0 Å². The van der Waals surface area contributed by atoms with Gasteiger partial charge in [0.05, 0.1) is 16.8 Å². The van der Waals surface area contributed by atoms with Crippen LogP contribution in [-0.2, 0) is 12.8 Å². The Morgan fingerprint density at radius 3 is 2.24 bits per heavy atom. The molecule has 3 nitrogen and oxygen atoms in total. The maximum Gasteiger partial charge on any atom is 0.256 e. The van der Waals surface area contributed by atoms with E-state index in [1.807, 2.05) is 38.1 Å². The van der Waals surface area contributed by atoms with Crippen molar-refractivity contribution in [2.45, 2.75) is 47.5 Å². The second kappa shape index (κ2) is 9.36. The van der Waals surface area contributed by atoms with Crippen molar-refractivity contribution in [1.29, 1.82) is 0 Å². The maximum absolute atomic E-state index is 13.9. The van der Waals surface area contributed by atoms with Crippen LogP contribution >= 0.6 is 11.6 Å². The molecule has 4 aromatic rings. The molecular formula is C29H29ClN2O. The number of hydrogen-bond acceptors (Lipinski definition) is 2. The summed E-state index contributed by atoms with van der Waals surface area (Å²) in [7, 11) is 0. The number of nitrogens with one attached hydrogen (secondary N) is 1. The van der Waals surface area contributed by atoms with Gasteiger partial charge in [0.2, 0.25) is 0 Å². The molecule has 0 fully saturated rings. The first-order valence-corrected chi connectivity index (χ1v) is 11.8. The van der Waals surface area contributed by atoms with Crippen molar-refractivity contribution in [2.24, 2.45) is 0 Å². The third-order valence-corrected chi connectivity index (χ3v) is 6.47. The maximum atomic E-state index is 13.9. The average molecular weight is 457 g/mol. The number of aryl methyl sites for hydroxylation is 4. The first-order chi connectivity index (χ1) is 15.8. The summed E-state index contributed by atoms with van der Waals surface area (Å²) in [6.45, 7) is 10.3. The minimum Gasteiger partial charge on any atom is -0.321 e. The van der Waals surface area contributed by atoms with Crippen molar-refractivity contribution in [3.8, 4) is 11.3 Å². The van der Waals surface area contributed by atoms with Crippen LogP contribution in [0.4, 0.5) is 5.69 Å². The van der Waals surface area contributed by atoms with E-state index in [1.54, 1.807) is 0 Å². The Labute approximate surface area is 200 Å². The summed E-state index contributed by atoms with van der Waals surface area (Å²) < 4.78 is 0. The number of benzene rings is 3. The Morgan fingerprint density at radius 1 is 0.939 bits per heavy atom. The van der Waals surface area contributed by atoms with Crippen LogP contribution in [0.15, 0.2) is 54.6 Å². The van der Waals surface area contributed by atoms with E-state index >= 15 is 0 Å². The highest BCUT2D eigenvalue weighted by molar-refractivity contribution is 6.30. The Morgan fingerprint density at radius 2 is 1.61 bits per heavy atom. The van der Waals surface area contributed by atoms with Crippen LogP contribution < -0.4 is 5.32 Å². The standard InChI is InChI=1S/C29H29ClN2O/c1-6-20-10-8-11-21(7-2)28(20)32-29(33)25-19(5)27(22-12-9-13-23(30)16-22)31-26-18(4)14-17(3)15-24(25)26/h8-16H,6-7H2,1-5H3,(H,32,33). The number of pyridine rings is 1. The minimum atomic E-state index is -0.108. The normalized spacial score (nSPS) is 11.1. The van der Waals surface area contributed by atoms with Gasteiger partial charge in [0.1, 0.15) is 0 Å². The molecular weight excluding hydrogens is 428 g/mol. The van der Waals surface area contributed by atoms with Gasteiger partial charge in [0, 0.05) is 21.7 Å². The molecule has 0 aliphatic carbocycles. The van der Waals surface area contributed by atoms with Gasteiger partial charge in [-0.15, -0.1) is 0 Å². The van der Waals surface area contributed by atoms with Crippen LogP contribution in [0.2, 0.25) is 5.02 Å². The van der Waals surface area contributed by atoms with Crippen molar-refractivity contribution < 1.29 is 4.79 Å². The largest absolute Gasteiger partial charge is 0.321 e. The molecule has 0 unspecified atom stereocenters. The number of anilines is 1. The molecule has 0 saturated heterocycles. The first-order valence-electron chi connectivity index (χ1n) is 11.4. The summed E-state index contributed by atoms with van der Waals surface area (Å²) in [5.74, 6) is -0.108. The highest BCUT2D eigenvalue weighted by Gasteiger charge is 2.22. The lowest BCUT2D eigenvalue weighted by molar-refractivity contribution is 0.102. The van der Waals surface area contributed by atoms with Crippen molar-refractivity contribution in [1.82, 2.24) is 4.98 Å². The van der Waals surface area contributed by atoms with Crippen molar-refractivity contribution >= 4 is 34.1 Å². The number of nitrogens with zero attached hydrogens (tertiary/aromatic N) is 1. The van der Waals surface area contributed by atoms with Gasteiger partial charge < -0.3 is 5.32 Å². The molecule has 1 heterocycles. The van der Waals surface area contributed by atoms with Gasteiger partial charge in [0.25, 0.3) is 5.91 Å². The molecule has 4 rings (SSSR count). The van der Waals surface area contributed by atoms with E-state index in [1.165, 1.54) is 0 Å². The molecule has 4 heteroatoms. The molecule has 0 atom stereocenters. The topological polar surface area (TPSA) is 42.0 Å². The van der Waals surface area contributed by atoms with Crippen molar-refractivity contribution in [3.63, 3.8) is 0 Å². The third kappa shape index (κ3) is 4.38. The Kier molecular flexibility index (Phi) is 6.53. The minimum absolute atomic E-state index is 0.108. The van der Waals surface area contributed by atoms with Crippen LogP contribution in [0.25, 0.3) is 22.2 Å². The van der Waals surface area contributed by atoms with Gasteiger partial charge in [-0.25, -0.2) is 4.98 Å². The van der Waals surface area contributed by atoms with Gasteiger partial charge in [0.15, 0.2) is 0 Å². The number of fused-ring (bicyclic) bond motifs is 1. The molecule has 0 spiro atoms. The number of amides is 1. The monoisotopic (exact) mass is 456 g/mol. The van der Waals surface area contributed by atoms with E-state index in [4.69, 9.17) is 16.6 Å². The van der Waals surface area contributed by atoms with E-state index in [0.29, 0.717) is 10.6 Å². The molecule has 1 aromatic heterocycles. The summed E-state index contributed by atoms with van der Waals surface area (Å²) >= 11 is 6.29. The molecule has 3 aromatic carbocycles. The molecule has 168 valence electrons. The Bertz CT molecular complexity index is 1350. The smallest absolute Gasteiger partial charge is 0.256 e. The van der Waals surface area contributed by atoms with Crippen LogP contribution in [0.3, 0.4) is 0 Å². The van der Waals surface area contributed by atoms with Crippen LogP contribution in [0, 0.1) is 20.8 Å². The second-order valence-electron chi connectivity index (χ2n) is 8.56. The number of para-hydroxylation sites is 1. The van der Waals surface area contributed by atoms with E-state index in [0.717, 1.165) is 68.5 Å². The lowest BCUT2D eigenvalue weighted by Crippen LogP contribution is -2.17. The summed E-state index contributed by atoms with van der Waals surface area (Å²) in [5.41, 5.74) is 9.38. The van der Waals surface area contributed by atoms with E-state index in [-0.39, 0.29) is 5.91 Å². The molecule has 0 radical (unpaired) electrons. The van der Waals surface area contributed by atoms with Gasteiger partial charge in [-0.3, -0.25) is 4.79 Å². The molecule has 0 bridgehead atoms. The molecule has 0 aliphatic heterocycles. The van der Waals surface area contributed by atoms with Crippen LogP contribution in [0.1, 0.15) is 52.0 Å². The molecule has 0 saturated carbocycles. The summed E-state index contributed by atoms with van der Waals surface area (Å²) in [6.07, 6.45) is 1.71. The van der Waals surface area contributed by atoms with E-state index < -0.39 is 0 Å². The Hall–Kier alpha value is -3.17. The zero-order valence-electron chi connectivity index (χ0n) is 19.8. The number of carbonyl (C=O) groups excluding carboxylic acids is 1. The number of carbonyl (C=O) groups is 1. The lowest BCUT2D eigenvalue weighted by atomic mass is 9.94. The predicted octanol–water partition coefficient (Wildman–Crippen LogP) is 7.86. The zero-order valence-corrected chi connectivity index (χ0v) is 20.6. The Balaban J connectivity index is 1.97. The number of halogens is 1. The van der Waals surface area contributed by atoms with Crippen LogP contribution in [-0.4, -0.2) is 10.9 Å². The fourth-order valence-electron chi connectivity index (χ4n) is 4.60. The molecule has 1 amide bonds. The van der Waals surface area contributed by atoms with Gasteiger partial charge in [-0.05, 0) is 74.1 Å². The van der Waals surface area contributed by atoms with Crippen molar-refractivity contribution in [2.75, 3.05) is 5.32 Å². The van der Waals surface area contributed by atoms with Gasteiger partial charge in [-0.1, -0.05) is 67.4 Å². The third-order valence-electron chi connectivity index (χ3n) is 6.23. The van der Waals surface area contributed by atoms with Gasteiger partial charge in [-0.2, -0.15) is 0 Å². The van der Waals surface area contributed by atoms with Crippen molar-refractivity contribution in [3.05, 3.63) is 93.0 Å². The highest BCUT2D eigenvalue weighted by Crippen LogP contribution is 2.34. The quantitative estimate of drug-likeness (QED) is 0.332. The highest BCUT2D eigenvalue weighted by atomic mass is 35.5. The predicted molar refractivity (Wildman–Crippen MR) is 140 cm³/mol. The fraction of sp³-hybridized carbons (Fsp3) is 0.241. The first kappa shape index (κ1) is 23.0. The lowest BCUT2D eigenvalue weighted by Gasteiger charge is -2.19. The van der Waals surface area contributed by atoms with E-state index in [9.17, 15) is 4.79 Å². The van der Waals surface area contributed by atoms with E-state index in [2.05, 4.69) is 56.4 Å². The molecule has 1 N–H and O–H groups in total. The summed E-state index contributed by atoms with van der Waals surface area (Å²) in [6, 6.07) is 18.0. The fourth-order valence-corrected chi connectivity index (χ4v) is 4.79. The SMILES string of the molecule is CCc1cccc(CC)c1NC(=O)c1c(C)c(-c2cccc(Cl)c2)nc2c(C)cc(C)cc12. The number of hydrogen-bond donors (Lipinski definition) is 1. The molecule has 33 heavy (non-hydrogen) atoms. The number of aromatic nitrogens is 1. The van der Waals surface area contributed by atoms with Crippen LogP contribution in [0.5, 0.6) is 0 Å². The summed E-state index contributed by atoms with van der Waals surface area (Å²) in [4.78, 5) is 18.9. The number of rotatable bonds is 5. The zero-order chi connectivity index (χ0) is 23.7. The summed E-state index contributed by atoms with van der Waals surface area (Å²) in [5, 5.41) is 4.79. The average Bonchev–Trinajstić information content (AvgIpc) is 2.78.